The van der Waals surface area contributed by atoms with Crippen LogP contribution in [-0.4, -0.2) is 36.6 Å². The smallest absolute Gasteiger partial charge is 0.0195 e. The van der Waals surface area contributed by atoms with E-state index < -0.39 is 0 Å². The molecule has 0 aromatic heterocycles. The first-order valence-electron chi connectivity index (χ1n) is 6.27. The van der Waals surface area contributed by atoms with Crippen molar-refractivity contribution in [3.8, 4) is 0 Å². The lowest BCUT2D eigenvalue weighted by atomic mass is 9.80. The largest absolute Gasteiger partial charge is 0.313 e. The van der Waals surface area contributed by atoms with E-state index in [4.69, 9.17) is 0 Å². The van der Waals surface area contributed by atoms with Gasteiger partial charge in [0.15, 0.2) is 0 Å². The topological polar surface area (TPSA) is 15.3 Å². The normalized spacial score (nSPS) is 37.5. The lowest BCUT2D eigenvalue weighted by Gasteiger charge is -2.42. The number of nitrogens with one attached hydrogen (secondary N) is 1. The zero-order chi connectivity index (χ0) is 9.97. The number of nitrogens with zero attached hydrogens (tertiary/aromatic N) is 1. The van der Waals surface area contributed by atoms with E-state index in [9.17, 15) is 0 Å². The molecule has 2 rings (SSSR count). The summed E-state index contributed by atoms with van der Waals surface area (Å²) in [7, 11) is 0. The number of hydrogen-bond donors (Lipinski definition) is 1. The van der Waals surface area contributed by atoms with Gasteiger partial charge in [0.2, 0.25) is 0 Å². The van der Waals surface area contributed by atoms with Gasteiger partial charge in [0.05, 0.1) is 0 Å². The second kappa shape index (κ2) is 4.63. The molecule has 2 nitrogen and oxygen atoms in total. The van der Waals surface area contributed by atoms with Crippen LogP contribution in [0.1, 0.15) is 39.5 Å². The molecule has 1 unspecified atom stereocenters. The van der Waals surface area contributed by atoms with Crippen molar-refractivity contribution in [2.75, 3.05) is 19.6 Å². The predicted octanol–water partition coefficient (Wildman–Crippen LogP) is 1.86. The molecule has 0 aromatic carbocycles. The zero-order valence-electron chi connectivity index (χ0n) is 9.63. The molecule has 2 heteroatoms. The molecule has 0 radical (unpaired) electrons. The Morgan fingerprint density at radius 2 is 2.14 bits per heavy atom. The van der Waals surface area contributed by atoms with Crippen molar-refractivity contribution in [3.05, 3.63) is 0 Å². The van der Waals surface area contributed by atoms with Crippen LogP contribution in [-0.2, 0) is 0 Å². The van der Waals surface area contributed by atoms with Crippen LogP contribution in [0.3, 0.4) is 0 Å². The average molecular weight is 196 g/mol. The minimum Gasteiger partial charge on any atom is -0.313 e. The van der Waals surface area contributed by atoms with Crippen molar-refractivity contribution in [3.63, 3.8) is 0 Å². The van der Waals surface area contributed by atoms with E-state index in [0.717, 1.165) is 18.0 Å². The number of hydrogen-bond acceptors (Lipinski definition) is 2. The lowest BCUT2D eigenvalue weighted by Crippen LogP contribution is -2.48. The van der Waals surface area contributed by atoms with E-state index in [2.05, 4.69) is 24.1 Å². The maximum absolute atomic E-state index is 3.59. The monoisotopic (exact) mass is 196 g/mol. The first-order valence-corrected chi connectivity index (χ1v) is 6.27. The van der Waals surface area contributed by atoms with E-state index in [1.807, 2.05) is 0 Å². The summed E-state index contributed by atoms with van der Waals surface area (Å²) in [6.45, 7) is 8.43. The SMILES string of the molecule is CCN(CC1CCCN1)C1CC(C)C1. The van der Waals surface area contributed by atoms with Crippen molar-refractivity contribution in [1.82, 2.24) is 10.2 Å². The molecule has 1 aliphatic carbocycles. The van der Waals surface area contributed by atoms with Gasteiger partial charge in [0, 0.05) is 18.6 Å². The summed E-state index contributed by atoms with van der Waals surface area (Å²) >= 11 is 0. The van der Waals surface area contributed by atoms with Crippen molar-refractivity contribution in [1.29, 1.82) is 0 Å². The maximum Gasteiger partial charge on any atom is 0.0195 e. The standard InChI is InChI=1S/C12H24N2/c1-3-14(12-7-10(2)8-12)9-11-5-4-6-13-11/h10-13H,3-9H2,1-2H3. The van der Waals surface area contributed by atoms with Gasteiger partial charge in [-0.15, -0.1) is 0 Å². The molecular formula is C12H24N2. The van der Waals surface area contributed by atoms with Crippen LogP contribution < -0.4 is 5.32 Å². The van der Waals surface area contributed by atoms with Crippen LogP contribution in [0.15, 0.2) is 0 Å². The molecule has 2 aliphatic rings. The van der Waals surface area contributed by atoms with Gasteiger partial charge in [-0.3, -0.25) is 4.90 Å². The molecule has 14 heavy (non-hydrogen) atoms. The van der Waals surface area contributed by atoms with Crippen LogP contribution in [0.2, 0.25) is 0 Å². The van der Waals surface area contributed by atoms with Gasteiger partial charge in [0.25, 0.3) is 0 Å². The molecular weight excluding hydrogens is 172 g/mol. The Bertz CT molecular complexity index is 169. The van der Waals surface area contributed by atoms with Crippen molar-refractivity contribution >= 4 is 0 Å². The quantitative estimate of drug-likeness (QED) is 0.738. The van der Waals surface area contributed by atoms with Crippen molar-refractivity contribution < 1.29 is 0 Å². The zero-order valence-corrected chi connectivity index (χ0v) is 9.63. The Labute approximate surface area is 88.1 Å². The molecule has 1 saturated carbocycles. The van der Waals surface area contributed by atoms with Gasteiger partial charge in [-0.1, -0.05) is 13.8 Å². The van der Waals surface area contributed by atoms with Crippen LogP contribution in [0, 0.1) is 5.92 Å². The number of likely N-dealkylation sites (N-methyl/N-ethyl adjacent to an activating group) is 1. The molecule has 1 saturated heterocycles. The van der Waals surface area contributed by atoms with E-state index >= 15 is 0 Å². The average Bonchev–Trinajstić information content (AvgIpc) is 2.62. The highest BCUT2D eigenvalue weighted by atomic mass is 15.2. The van der Waals surface area contributed by atoms with Crippen LogP contribution in [0.25, 0.3) is 0 Å². The van der Waals surface area contributed by atoms with Gasteiger partial charge >= 0.3 is 0 Å². The van der Waals surface area contributed by atoms with E-state index in [1.54, 1.807) is 0 Å². The van der Waals surface area contributed by atoms with Gasteiger partial charge in [-0.25, -0.2) is 0 Å². The fraction of sp³-hybridized carbons (Fsp3) is 1.00. The summed E-state index contributed by atoms with van der Waals surface area (Å²) in [5.41, 5.74) is 0. The molecule has 1 heterocycles. The molecule has 0 bridgehead atoms. The van der Waals surface area contributed by atoms with Crippen LogP contribution in [0.4, 0.5) is 0 Å². The molecule has 1 atom stereocenters. The maximum atomic E-state index is 3.59. The van der Waals surface area contributed by atoms with Crippen LogP contribution >= 0.6 is 0 Å². The summed E-state index contributed by atoms with van der Waals surface area (Å²) in [5.74, 6) is 0.977. The Morgan fingerprint density at radius 1 is 1.36 bits per heavy atom. The predicted molar refractivity (Wildman–Crippen MR) is 60.5 cm³/mol. The van der Waals surface area contributed by atoms with E-state index in [1.165, 1.54) is 45.3 Å². The molecule has 82 valence electrons. The number of rotatable bonds is 4. The Kier molecular flexibility index (Phi) is 3.45. The molecule has 1 aliphatic heterocycles. The summed E-state index contributed by atoms with van der Waals surface area (Å²) in [5, 5.41) is 3.59. The fourth-order valence-electron chi connectivity index (χ4n) is 2.89. The van der Waals surface area contributed by atoms with Crippen molar-refractivity contribution in [2.24, 2.45) is 5.92 Å². The van der Waals surface area contributed by atoms with Crippen LogP contribution in [0.5, 0.6) is 0 Å². The summed E-state index contributed by atoms with van der Waals surface area (Å²) in [6, 6.07) is 1.68. The van der Waals surface area contributed by atoms with E-state index in [-0.39, 0.29) is 0 Å². The first kappa shape index (κ1) is 10.4. The highest BCUT2D eigenvalue weighted by Gasteiger charge is 2.31. The molecule has 0 amide bonds. The first-order chi connectivity index (χ1) is 6.79. The fourth-order valence-corrected chi connectivity index (χ4v) is 2.89. The second-order valence-electron chi connectivity index (χ2n) is 5.11. The third kappa shape index (κ3) is 2.29. The molecule has 1 N–H and O–H groups in total. The third-order valence-corrected chi connectivity index (χ3v) is 3.89. The summed E-state index contributed by atoms with van der Waals surface area (Å²) in [6.07, 6.45) is 5.63. The minimum atomic E-state index is 0.783. The van der Waals surface area contributed by atoms with Gasteiger partial charge in [-0.2, -0.15) is 0 Å². The van der Waals surface area contributed by atoms with Gasteiger partial charge in [0.1, 0.15) is 0 Å². The molecule has 0 spiro atoms. The summed E-state index contributed by atoms with van der Waals surface area (Å²) in [4.78, 5) is 2.68. The lowest BCUT2D eigenvalue weighted by molar-refractivity contribution is 0.0836. The van der Waals surface area contributed by atoms with E-state index in [0.29, 0.717) is 0 Å². The highest BCUT2D eigenvalue weighted by molar-refractivity contribution is 4.87. The third-order valence-electron chi connectivity index (χ3n) is 3.89. The van der Waals surface area contributed by atoms with Gasteiger partial charge < -0.3 is 5.32 Å². The molecule has 0 aromatic rings. The minimum absolute atomic E-state index is 0.783. The Hall–Kier alpha value is -0.0800. The second-order valence-corrected chi connectivity index (χ2v) is 5.11. The molecule has 2 fully saturated rings. The van der Waals surface area contributed by atoms with Crippen molar-refractivity contribution in [2.45, 2.75) is 51.6 Å². The Morgan fingerprint density at radius 3 is 2.64 bits per heavy atom. The Balaban J connectivity index is 1.75. The van der Waals surface area contributed by atoms with Gasteiger partial charge in [-0.05, 0) is 44.7 Å². The highest BCUT2D eigenvalue weighted by Crippen LogP contribution is 2.31. The summed E-state index contributed by atoms with van der Waals surface area (Å²) < 4.78 is 0.